The van der Waals surface area contributed by atoms with Crippen LogP contribution in [0.2, 0.25) is 0 Å². The van der Waals surface area contributed by atoms with Crippen LogP contribution < -0.4 is 5.73 Å². The minimum Gasteiger partial charge on any atom is -0.375 e. The Morgan fingerprint density at radius 2 is 2.04 bits per heavy atom. The first kappa shape index (κ1) is 15.6. The molecule has 0 saturated carbocycles. The van der Waals surface area contributed by atoms with E-state index in [2.05, 4.69) is 28.9 Å². The number of nitrogens with zero attached hydrogens (tertiary/aromatic N) is 5. The fraction of sp³-hybridized carbons (Fsp3) is 0.375. The molecule has 0 aliphatic carbocycles. The Hall–Kier alpha value is -2.28. The minimum atomic E-state index is 0.256. The van der Waals surface area contributed by atoms with Gasteiger partial charge in [0.05, 0.1) is 5.69 Å². The van der Waals surface area contributed by atoms with Crippen molar-refractivity contribution in [2.24, 2.45) is 0 Å². The first-order valence-corrected chi connectivity index (χ1v) is 8.37. The number of aryl methyl sites for hydroxylation is 2. The predicted octanol–water partition coefficient (Wildman–Crippen LogP) is 3.03. The maximum atomic E-state index is 5.81. The van der Waals surface area contributed by atoms with E-state index in [0.29, 0.717) is 11.6 Å². The van der Waals surface area contributed by atoms with Gasteiger partial charge >= 0.3 is 0 Å². The molecule has 0 aromatic carbocycles. The number of anilines is 1. The van der Waals surface area contributed by atoms with Crippen molar-refractivity contribution in [1.29, 1.82) is 0 Å². The van der Waals surface area contributed by atoms with Gasteiger partial charge in [0.15, 0.2) is 16.8 Å². The molecule has 3 aromatic heterocycles. The topological polar surface area (TPSA) is 82.5 Å². The Bertz CT molecular complexity index is 833. The number of pyridine rings is 1. The lowest BCUT2D eigenvalue weighted by Crippen LogP contribution is -2.07. The Morgan fingerprint density at radius 1 is 1.26 bits per heavy atom. The highest BCUT2D eigenvalue weighted by Crippen LogP contribution is 2.24. The number of rotatable bonds is 4. The first-order chi connectivity index (χ1) is 11.0. The lowest BCUT2D eigenvalue weighted by molar-refractivity contribution is 0.736. The molecular formula is C16H20N6S. The van der Waals surface area contributed by atoms with E-state index in [1.165, 1.54) is 11.3 Å². The molecule has 0 aliphatic rings. The number of hydrogen-bond donors (Lipinski definition) is 1. The van der Waals surface area contributed by atoms with Crippen molar-refractivity contribution in [3.63, 3.8) is 0 Å². The van der Waals surface area contributed by atoms with E-state index in [4.69, 9.17) is 10.7 Å². The largest absolute Gasteiger partial charge is 0.375 e. The summed E-state index contributed by atoms with van der Waals surface area (Å²) in [5.41, 5.74) is 7.83. The number of nitrogens with two attached hydrogens (primary N) is 1. The molecule has 23 heavy (non-hydrogen) atoms. The van der Waals surface area contributed by atoms with Crippen molar-refractivity contribution >= 4 is 16.5 Å². The molecule has 0 amide bonds. The van der Waals surface area contributed by atoms with Gasteiger partial charge in [-0.15, -0.1) is 16.4 Å². The molecular weight excluding hydrogens is 308 g/mol. The van der Waals surface area contributed by atoms with Crippen LogP contribution >= 0.6 is 11.3 Å². The summed E-state index contributed by atoms with van der Waals surface area (Å²) in [6, 6.07) is 3.95. The van der Waals surface area contributed by atoms with Crippen LogP contribution in [0, 0.1) is 13.8 Å². The van der Waals surface area contributed by atoms with Crippen LogP contribution in [-0.4, -0.2) is 24.7 Å². The third-order valence-corrected chi connectivity index (χ3v) is 4.60. The van der Waals surface area contributed by atoms with Crippen LogP contribution in [0.1, 0.15) is 47.5 Å². The lowest BCUT2D eigenvalue weighted by atomic mass is 10.2. The van der Waals surface area contributed by atoms with E-state index in [1.54, 1.807) is 6.20 Å². The Kier molecular flexibility index (Phi) is 4.12. The van der Waals surface area contributed by atoms with Gasteiger partial charge in [-0.3, -0.25) is 0 Å². The lowest BCUT2D eigenvalue weighted by Gasteiger charge is -2.07. The second-order valence-corrected chi connectivity index (χ2v) is 6.95. The molecule has 7 heteroatoms. The third kappa shape index (κ3) is 3.10. The Labute approximate surface area is 139 Å². The van der Waals surface area contributed by atoms with Crippen molar-refractivity contribution in [1.82, 2.24) is 24.7 Å². The second kappa shape index (κ2) is 6.08. The number of nitrogen functional groups attached to an aromatic ring is 1. The average molecular weight is 328 g/mol. The van der Waals surface area contributed by atoms with E-state index < -0.39 is 0 Å². The molecule has 3 rings (SSSR count). The van der Waals surface area contributed by atoms with Gasteiger partial charge < -0.3 is 5.73 Å². The van der Waals surface area contributed by atoms with E-state index in [1.807, 2.05) is 30.7 Å². The Morgan fingerprint density at radius 3 is 2.65 bits per heavy atom. The standard InChI is InChI=1S/C16H20N6S/c1-9(2)14-20-13(8-12-11(4)19-16(17)23-12)22(21-14)15-10(3)6-5-7-18-15/h5-7,9H,8H2,1-4H3,(H2,17,19). The van der Waals surface area contributed by atoms with E-state index >= 15 is 0 Å². The summed E-state index contributed by atoms with van der Waals surface area (Å²) in [4.78, 5) is 14.6. The molecule has 3 heterocycles. The fourth-order valence-corrected chi connectivity index (χ4v) is 3.18. The highest BCUT2D eigenvalue weighted by molar-refractivity contribution is 7.15. The van der Waals surface area contributed by atoms with Crippen molar-refractivity contribution in [2.75, 3.05) is 5.73 Å². The van der Waals surface area contributed by atoms with Gasteiger partial charge in [-0.25, -0.2) is 15.0 Å². The van der Waals surface area contributed by atoms with Gasteiger partial charge in [0.25, 0.3) is 0 Å². The number of hydrogen-bond acceptors (Lipinski definition) is 6. The van der Waals surface area contributed by atoms with Gasteiger partial charge in [0.2, 0.25) is 0 Å². The van der Waals surface area contributed by atoms with Crippen LogP contribution in [0.25, 0.3) is 5.82 Å². The number of aromatic nitrogens is 5. The van der Waals surface area contributed by atoms with Crippen LogP contribution in [0.3, 0.4) is 0 Å². The van der Waals surface area contributed by atoms with E-state index in [9.17, 15) is 0 Å². The molecule has 0 fully saturated rings. The zero-order valence-corrected chi connectivity index (χ0v) is 14.6. The molecule has 0 unspecified atom stereocenters. The van der Waals surface area contributed by atoms with Gasteiger partial charge in [0.1, 0.15) is 5.82 Å². The quantitative estimate of drug-likeness (QED) is 0.796. The highest BCUT2D eigenvalue weighted by Gasteiger charge is 2.18. The van der Waals surface area contributed by atoms with Crippen molar-refractivity contribution < 1.29 is 0 Å². The highest BCUT2D eigenvalue weighted by atomic mass is 32.1. The summed E-state index contributed by atoms with van der Waals surface area (Å²) >= 11 is 1.50. The summed E-state index contributed by atoms with van der Waals surface area (Å²) in [5, 5.41) is 5.25. The summed E-state index contributed by atoms with van der Waals surface area (Å²) in [6.07, 6.45) is 2.43. The van der Waals surface area contributed by atoms with Crippen molar-refractivity contribution in [2.45, 2.75) is 40.0 Å². The van der Waals surface area contributed by atoms with Crippen molar-refractivity contribution in [3.05, 3.63) is 46.1 Å². The summed E-state index contributed by atoms with van der Waals surface area (Å²) in [7, 11) is 0. The van der Waals surface area contributed by atoms with E-state index in [0.717, 1.165) is 33.6 Å². The molecule has 6 nitrogen and oxygen atoms in total. The normalized spacial score (nSPS) is 11.3. The minimum absolute atomic E-state index is 0.256. The van der Waals surface area contributed by atoms with Crippen LogP contribution in [0.15, 0.2) is 18.3 Å². The molecule has 0 aliphatic heterocycles. The zero-order valence-electron chi connectivity index (χ0n) is 13.7. The average Bonchev–Trinajstić information content (AvgIpc) is 3.04. The number of thiazole rings is 1. The first-order valence-electron chi connectivity index (χ1n) is 7.55. The SMILES string of the molecule is Cc1cccnc1-n1nc(C(C)C)nc1Cc1sc(N)nc1C. The molecule has 0 bridgehead atoms. The van der Waals surface area contributed by atoms with Gasteiger partial charge in [0, 0.05) is 23.4 Å². The molecule has 0 spiro atoms. The molecule has 120 valence electrons. The van der Waals surface area contributed by atoms with Gasteiger partial charge in [-0.1, -0.05) is 19.9 Å². The molecule has 3 aromatic rings. The second-order valence-electron chi connectivity index (χ2n) is 5.83. The molecule has 0 radical (unpaired) electrons. The zero-order chi connectivity index (χ0) is 16.6. The fourth-order valence-electron chi connectivity index (χ4n) is 2.35. The molecule has 2 N–H and O–H groups in total. The molecule has 0 atom stereocenters. The van der Waals surface area contributed by atoms with Crippen LogP contribution in [0.5, 0.6) is 0 Å². The summed E-state index contributed by atoms with van der Waals surface area (Å²) < 4.78 is 1.85. The van der Waals surface area contributed by atoms with Gasteiger partial charge in [-0.2, -0.15) is 4.68 Å². The van der Waals surface area contributed by atoms with Gasteiger partial charge in [-0.05, 0) is 25.5 Å². The van der Waals surface area contributed by atoms with Crippen molar-refractivity contribution in [3.8, 4) is 5.82 Å². The maximum Gasteiger partial charge on any atom is 0.180 e. The van der Waals surface area contributed by atoms with E-state index in [-0.39, 0.29) is 5.92 Å². The third-order valence-electron chi connectivity index (χ3n) is 3.62. The summed E-state index contributed by atoms with van der Waals surface area (Å²) in [5.74, 6) is 2.76. The predicted molar refractivity (Wildman–Crippen MR) is 92.0 cm³/mol. The maximum absolute atomic E-state index is 5.81. The molecule has 0 saturated heterocycles. The summed E-state index contributed by atoms with van der Waals surface area (Å²) in [6.45, 7) is 8.17. The van der Waals surface area contributed by atoms with Crippen LogP contribution in [0.4, 0.5) is 5.13 Å². The van der Waals surface area contributed by atoms with Crippen LogP contribution in [-0.2, 0) is 6.42 Å². The Balaban J connectivity index is 2.08. The monoisotopic (exact) mass is 328 g/mol. The smallest absolute Gasteiger partial charge is 0.180 e.